The Balaban J connectivity index is 1.99. The van der Waals surface area contributed by atoms with Crippen molar-refractivity contribution in [2.45, 2.75) is 70.6 Å². The van der Waals surface area contributed by atoms with Crippen molar-refractivity contribution < 1.29 is 0 Å². The van der Waals surface area contributed by atoms with E-state index in [1.165, 1.54) is 45.3 Å². The lowest BCUT2D eigenvalue weighted by atomic mass is 9.94. The highest BCUT2D eigenvalue weighted by atomic mass is 15.3. The molecule has 3 heteroatoms. The molecule has 0 saturated carbocycles. The largest absolute Gasteiger partial charge is 0.315 e. The van der Waals surface area contributed by atoms with Crippen LogP contribution in [0.15, 0.2) is 0 Å². The summed E-state index contributed by atoms with van der Waals surface area (Å²) in [5.74, 6) is 0. The lowest BCUT2D eigenvalue weighted by Gasteiger charge is -2.50. The minimum absolute atomic E-state index is 0.627. The Labute approximate surface area is 113 Å². The summed E-state index contributed by atoms with van der Waals surface area (Å²) < 4.78 is 0. The highest BCUT2D eigenvalue weighted by Gasteiger charge is 2.36. The van der Waals surface area contributed by atoms with Crippen molar-refractivity contribution in [1.29, 1.82) is 0 Å². The van der Waals surface area contributed by atoms with Crippen LogP contribution in [0.25, 0.3) is 0 Å². The minimum atomic E-state index is 0.627. The second-order valence-corrected chi connectivity index (χ2v) is 6.23. The van der Waals surface area contributed by atoms with Gasteiger partial charge in [0.15, 0.2) is 0 Å². The number of nitrogens with zero attached hydrogens (tertiary/aromatic N) is 2. The van der Waals surface area contributed by atoms with Crippen molar-refractivity contribution in [2.24, 2.45) is 0 Å². The Hall–Kier alpha value is -0.120. The van der Waals surface area contributed by atoms with Crippen molar-refractivity contribution in [3.63, 3.8) is 0 Å². The van der Waals surface area contributed by atoms with Crippen LogP contribution < -0.4 is 5.32 Å². The molecule has 0 aromatic rings. The summed E-state index contributed by atoms with van der Waals surface area (Å²) in [6, 6.07) is 2.81. The second-order valence-electron chi connectivity index (χ2n) is 6.23. The van der Waals surface area contributed by atoms with Crippen LogP contribution >= 0.6 is 0 Å². The topological polar surface area (TPSA) is 18.5 Å². The van der Waals surface area contributed by atoms with Gasteiger partial charge in [-0.05, 0) is 46.7 Å². The molecule has 2 fully saturated rings. The molecule has 0 spiro atoms. The fourth-order valence-corrected chi connectivity index (χ4v) is 3.96. The van der Waals surface area contributed by atoms with E-state index in [0.717, 1.165) is 6.04 Å². The molecular weight excluding hydrogens is 222 g/mol. The molecule has 4 unspecified atom stereocenters. The smallest absolute Gasteiger partial charge is 0.0224 e. The Morgan fingerprint density at radius 1 is 1.28 bits per heavy atom. The second kappa shape index (κ2) is 6.36. The van der Waals surface area contributed by atoms with E-state index in [1.54, 1.807) is 0 Å². The average Bonchev–Trinajstić information content (AvgIpc) is 2.39. The van der Waals surface area contributed by atoms with Gasteiger partial charge in [0.2, 0.25) is 0 Å². The zero-order valence-corrected chi connectivity index (χ0v) is 12.7. The summed E-state index contributed by atoms with van der Waals surface area (Å²) in [5, 5.41) is 3.49. The zero-order valence-electron chi connectivity index (χ0n) is 12.7. The van der Waals surface area contributed by atoms with Gasteiger partial charge in [0.05, 0.1) is 0 Å². The molecule has 1 N–H and O–H groups in total. The third-order valence-electron chi connectivity index (χ3n) is 5.15. The van der Waals surface area contributed by atoms with Gasteiger partial charge in [0.25, 0.3) is 0 Å². The van der Waals surface area contributed by atoms with Gasteiger partial charge in [0, 0.05) is 37.3 Å². The number of likely N-dealkylation sites (N-methyl/N-ethyl adjacent to an activating group) is 1. The maximum atomic E-state index is 3.49. The van der Waals surface area contributed by atoms with E-state index < -0.39 is 0 Å². The summed E-state index contributed by atoms with van der Waals surface area (Å²) in [6.45, 7) is 11.0. The molecule has 2 aliphatic heterocycles. The van der Waals surface area contributed by atoms with Crippen molar-refractivity contribution in [3.05, 3.63) is 0 Å². The molecule has 106 valence electrons. The Bertz CT molecular complexity index is 252. The van der Waals surface area contributed by atoms with Crippen LogP contribution in [0.5, 0.6) is 0 Å². The van der Waals surface area contributed by atoms with Crippen LogP contribution in [-0.2, 0) is 0 Å². The number of fused-ring (bicyclic) bond motifs is 1. The van der Waals surface area contributed by atoms with Gasteiger partial charge >= 0.3 is 0 Å². The number of piperidine rings is 1. The van der Waals surface area contributed by atoms with Crippen molar-refractivity contribution in [1.82, 2.24) is 15.1 Å². The Morgan fingerprint density at radius 2 is 2.06 bits per heavy atom. The fraction of sp³-hybridized carbons (Fsp3) is 1.00. The quantitative estimate of drug-likeness (QED) is 0.826. The van der Waals surface area contributed by atoms with E-state index in [-0.39, 0.29) is 0 Å². The summed E-state index contributed by atoms with van der Waals surface area (Å²) in [5.41, 5.74) is 0. The van der Waals surface area contributed by atoms with E-state index in [0.29, 0.717) is 18.1 Å². The fourth-order valence-electron chi connectivity index (χ4n) is 3.96. The van der Waals surface area contributed by atoms with Crippen LogP contribution in [0.4, 0.5) is 0 Å². The Morgan fingerprint density at radius 3 is 2.72 bits per heavy atom. The van der Waals surface area contributed by atoms with Crippen LogP contribution in [0.2, 0.25) is 0 Å². The molecule has 0 radical (unpaired) electrons. The lowest BCUT2D eigenvalue weighted by Crippen LogP contribution is -2.63. The lowest BCUT2D eigenvalue weighted by molar-refractivity contribution is -0.0118. The van der Waals surface area contributed by atoms with Crippen LogP contribution in [0, 0.1) is 0 Å². The molecular formula is C15H31N3. The van der Waals surface area contributed by atoms with Crippen molar-refractivity contribution in [3.8, 4) is 0 Å². The summed E-state index contributed by atoms with van der Waals surface area (Å²) in [4.78, 5) is 5.48. The maximum absolute atomic E-state index is 3.49. The molecule has 2 saturated heterocycles. The predicted molar refractivity (Wildman–Crippen MR) is 78.0 cm³/mol. The summed E-state index contributed by atoms with van der Waals surface area (Å²) in [6.07, 6.45) is 5.47. The molecule has 2 heterocycles. The first-order valence-electron chi connectivity index (χ1n) is 7.84. The summed E-state index contributed by atoms with van der Waals surface area (Å²) >= 11 is 0. The normalized spacial score (nSPS) is 34.0. The number of piperazine rings is 1. The van der Waals surface area contributed by atoms with Gasteiger partial charge in [0.1, 0.15) is 0 Å². The van der Waals surface area contributed by atoms with Gasteiger partial charge in [-0.2, -0.15) is 0 Å². The predicted octanol–water partition coefficient (Wildman–Crippen LogP) is 1.93. The average molecular weight is 253 g/mol. The zero-order chi connectivity index (χ0) is 13.1. The molecule has 2 rings (SSSR count). The Kier molecular flexibility index (Phi) is 5.05. The van der Waals surface area contributed by atoms with E-state index >= 15 is 0 Å². The van der Waals surface area contributed by atoms with Crippen molar-refractivity contribution >= 4 is 0 Å². The number of hydrogen-bond donors (Lipinski definition) is 1. The molecule has 0 aromatic heterocycles. The van der Waals surface area contributed by atoms with Gasteiger partial charge < -0.3 is 5.32 Å². The highest BCUT2D eigenvalue weighted by Crippen LogP contribution is 2.26. The number of hydrogen-bond acceptors (Lipinski definition) is 3. The van der Waals surface area contributed by atoms with Gasteiger partial charge in [-0.25, -0.2) is 0 Å². The van der Waals surface area contributed by atoms with Crippen LogP contribution in [0.3, 0.4) is 0 Å². The minimum Gasteiger partial charge on any atom is -0.315 e. The summed E-state index contributed by atoms with van der Waals surface area (Å²) in [7, 11) is 2.10. The first-order chi connectivity index (χ1) is 8.67. The van der Waals surface area contributed by atoms with E-state index in [9.17, 15) is 0 Å². The molecule has 2 aliphatic rings. The van der Waals surface area contributed by atoms with Gasteiger partial charge in [-0.15, -0.1) is 0 Å². The van der Waals surface area contributed by atoms with Gasteiger partial charge in [-0.3, -0.25) is 9.80 Å². The molecule has 18 heavy (non-hydrogen) atoms. The highest BCUT2D eigenvalue weighted by molar-refractivity contribution is 4.93. The van der Waals surface area contributed by atoms with Crippen LogP contribution in [-0.4, -0.2) is 60.6 Å². The van der Waals surface area contributed by atoms with E-state index in [1.807, 2.05) is 0 Å². The SMILES string of the molecule is CCC(NC)C(C)N1CC2CCCCN2CC1C. The first kappa shape index (κ1) is 14.3. The van der Waals surface area contributed by atoms with Crippen LogP contribution in [0.1, 0.15) is 46.5 Å². The first-order valence-corrected chi connectivity index (χ1v) is 7.84. The molecule has 0 bridgehead atoms. The standard InChI is InChI=1S/C15H31N3/c1-5-15(16-4)13(3)18-11-14-8-6-7-9-17(14)10-12(18)2/h12-16H,5-11H2,1-4H3. The van der Waals surface area contributed by atoms with Crippen molar-refractivity contribution in [2.75, 3.05) is 26.7 Å². The van der Waals surface area contributed by atoms with E-state index in [2.05, 4.69) is 42.9 Å². The molecule has 0 amide bonds. The molecule has 0 aromatic carbocycles. The molecule has 3 nitrogen and oxygen atoms in total. The monoisotopic (exact) mass is 253 g/mol. The molecule has 4 atom stereocenters. The maximum Gasteiger partial charge on any atom is 0.0224 e. The van der Waals surface area contributed by atoms with E-state index in [4.69, 9.17) is 0 Å². The molecule has 0 aliphatic carbocycles. The third kappa shape index (κ3) is 2.89. The number of nitrogens with one attached hydrogen (secondary N) is 1. The van der Waals surface area contributed by atoms with Gasteiger partial charge in [-0.1, -0.05) is 13.3 Å². The number of rotatable bonds is 4. The third-order valence-corrected chi connectivity index (χ3v) is 5.15.